The maximum absolute atomic E-state index is 12.0. The number of hydrogen-bond donors (Lipinski definition) is 1. The Kier molecular flexibility index (Phi) is 4.73. The van der Waals surface area contributed by atoms with Crippen LogP contribution in [-0.2, 0) is 18.6 Å². The van der Waals surface area contributed by atoms with Crippen LogP contribution in [0.4, 0.5) is 0 Å². The summed E-state index contributed by atoms with van der Waals surface area (Å²) in [5.41, 5.74) is 0. The Morgan fingerprint density at radius 1 is 1.50 bits per heavy atom. The molecule has 0 aromatic carbocycles. The molecule has 1 amide bonds. The van der Waals surface area contributed by atoms with Crippen molar-refractivity contribution in [1.29, 1.82) is 0 Å². The van der Waals surface area contributed by atoms with E-state index in [0.29, 0.717) is 6.42 Å². The van der Waals surface area contributed by atoms with Crippen molar-refractivity contribution < 1.29 is 17.9 Å². The van der Waals surface area contributed by atoms with Crippen LogP contribution in [0.15, 0.2) is 16.3 Å². The van der Waals surface area contributed by atoms with Gasteiger partial charge in [0.25, 0.3) is 9.05 Å². The van der Waals surface area contributed by atoms with Gasteiger partial charge >= 0.3 is 0 Å². The van der Waals surface area contributed by atoms with E-state index in [4.69, 9.17) is 15.4 Å². The molecule has 2 rings (SSSR count). The van der Waals surface area contributed by atoms with Gasteiger partial charge in [0.05, 0.1) is 12.1 Å². The van der Waals surface area contributed by atoms with Gasteiger partial charge in [0, 0.05) is 15.6 Å². The second-order valence-electron chi connectivity index (χ2n) is 4.84. The van der Waals surface area contributed by atoms with E-state index in [1.54, 1.807) is 13.0 Å². The number of thiophene rings is 1. The monoisotopic (exact) mass is 337 g/mol. The second kappa shape index (κ2) is 6.01. The summed E-state index contributed by atoms with van der Waals surface area (Å²) in [5, 5.41) is 2.83. The Hall–Kier alpha value is -0.630. The van der Waals surface area contributed by atoms with E-state index in [1.165, 1.54) is 6.07 Å². The standard InChI is InChI=1S/C12H16ClNO4S2/c1-7-3-4-9(18-7)12(15)14-8(2)10-5-6-11(19-10)20(13,16)17/h5-9H,3-4H2,1-2H3,(H,14,15). The summed E-state index contributed by atoms with van der Waals surface area (Å²) in [6.07, 6.45) is 1.28. The molecule has 2 heterocycles. The molecule has 0 spiro atoms. The molecule has 0 aliphatic carbocycles. The minimum Gasteiger partial charge on any atom is -0.365 e. The summed E-state index contributed by atoms with van der Waals surface area (Å²) in [4.78, 5) is 12.7. The van der Waals surface area contributed by atoms with Crippen molar-refractivity contribution in [2.24, 2.45) is 0 Å². The Labute approximate surface area is 126 Å². The number of hydrogen-bond acceptors (Lipinski definition) is 5. The average molecular weight is 338 g/mol. The van der Waals surface area contributed by atoms with Crippen LogP contribution >= 0.6 is 22.0 Å². The van der Waals surface area contributed by atoms with Crippen LogP contribution in [0.2, 0.25) is 0 Å². The zero-order valence-electron chi connectivity index (χ0n) is 11.1. The largest absolute Gasteiger partial charge is 0.365 e. The van der Waals surface area contributed by atoms with Crippen LogP contribution in [0.3, 0.4) is 0 Å². The van der Waals surface area contributed by atoms with Gasteiger partial charge in [0.2, 0.25) is 5.91 Å². The fraction of sp³-hybridized carbons (Fsp3) is 0.583. The quantitative estimate of drug-likeness (QED) is 0.856. The Morgan fingerprint density at radius 2 is 2.20 bits per heavy atom. The highest BCUT2D eigenvalue weighted by Crippen LogP contribution is 2.29. The van der Waals surface area contributed by atoms with Gasteiger partial charge in [0.15, 0.2) is 0 Å². The maximum atomic E-state index is 12.0. The predicted octanol–water partition coefficient (Wildman–Crippen LogP) is 2.42. The lowest BCUT2D eigenvalue weighted by atomic mass is 10.2. The molecule has 5 nitrogen and oxygen atoms in total. The van der Waals surface area contributed by atoms with Crippen LogP contribution in [-0.4, -0.2) is 26.5 Å². The fourth-order valence-electron chi connectivity index (χ4n) is 2.07. The summed E-state index contributed by atoms with van der Waals surface area (Å²) in [6.45, 7) is 3.74. The van der Waals surface area contributed by atoms with Gasteiger partial charge < -0.3 is 10.1 Å². The molecule has 20 heavy (non-hydrogen) atoms. The lowest BCUT2D eigenvalue weighted by molar-refractivity contribution is -0.132. The third kappa shape index (κ3) is 3.72. The normalized spacial score (nSPS) is 24.6. The third-order valence-corrected chi connectivity index (χ3v) is 6.51. The number of rotatable bonds is 4. The van der Waals surface area contributed by atoms with Crippen LogP contribution in [0.5, 0.6) is 0 Å². The molecule has 1 saturated heterocycles. The van der Waals surface area contributed by atoms with Gasteiger partial charge in [-0.3, -0.25) is 4.79 Å². The molecule has 1 aliphatic heterocycles. The summed E-state index contributed by atoms with van der Waals surface area (Å²) in [6, 6.07) is 2.82. The number of halogens is 1. The number of nitrogens with one attached hydrogen (secondary N) is 1. The van der Waals surface area contributed by atoms with E-state index in [2.05, 4.69) is 5.32 Å². The van der Waals surface area contributed by atoms with Crippen molar-refractivity contribution in [3.05, 3.63) is 17.0 Å². The van der Waals surface area contributed by atoms with Gasteiger partial charge in [-0.1, -0.05) is 0 Å². The van der Waals surface area contributed by atoms with Gasteiger partial charge in [-0.2, -0.15) is 0 Å². The zero-order valence-corrected chi connectivity index (χ0v) is 13.5. The number of amides is 1. The van der Waals surface area contributed by atoms with Gasteiger partial charge in [0.1, 0.15) is 10.3 Å². The topological polar surface area (TPSA) is 72.5 Å². The Balaban J connectivity index is 1.99. The van der Waals surface area contributed by atoms with E-state index < -0.39 is 15.2 Å². The highest BCUT2D eigenvalue weighted by Gasteiger charge is 2.29. The van der Waals surface area contributed by atoms with E-state index in [9.17, 15) is 13.2 Å². The highest BCUT2D eigenvalue weighted by atomic mass is 35.7. The van der Waals surface area contributed by atoms with E-state index in [0.717, 1.165) is 22.6 Å². The van der Waals surface area contributed by atoms with Crippen LogP contribution < -0.4 is 5.32 Å². The van der Waals surface area contributed by atoms with Gasteiger partial charge in [-0.25, -0.2) is 8.42 Å². The first-order chi connectivity index (χ1) is 9.27. The summed E-state index contributed by atoms with van der Waals surface area (Å²) >= 11 is 1.06. The molecule has 1 fully saturated rings. The average Bonchev–Trinajstić information content (AvgIpc) is 2.95. The molecule has 1 aliphatic rings. The fourth-order valence-corrected chi connectivity index (χ4v) is 4.17. The van der Waals surface area contributed by atoms with Crippen molar-refractivity contribution in [2.45, 2.75) is 49.1 Å². The molecular weight excluding hydrogens is 322 g/mol. The molecule has 0 bridgehead atoms. The highest BCUT2D eigenvalue weighted by molar-refractivity contribution is 8.15. The van der Waals surface area contributed by atoms with Crippen LogP contribution in [0.25, 0.3) is 0 Å². The first kappa shape index (κ1) is 15.8. The predicted molar refractivity (Wildman–Crippen MR) is 77.5 cm³/mol. The lowest BCUT2D eigenvalue weighted by Gasteiger charge is -2.16. The summed E-state index contributed by atoms with van der Waals surface area (Å²) in [5.74, 6) is -0.162. The first-order valence-corrected chi connectivity index (χ1v) is 9.40. The molecule has 112 valence electrons. The van der Waals surface area contributed by atoms with Gasteiger partial charge in [-0.15, -0.1) is 11.3 Å². The summed E-state index contributed by atoms with van der Waals surface area (Å²) in [7, 11) is 1.56. The SMILES string of the molecule is CC1CCC(C(=O)NC(C)c2ccc(S(=O)(=O)Cl)s2)O1. The molecule has 3 unspecified atom stereocenters. The second-order valence-corrected chi connectivity index (χ2v) is 8.75. The van der Waals surface area contributed by atoms with Crippen LogP contribution in [0.1, 0.15) is 37.6 Å². The minimum absolute atomic E-state index is 0.0843. The third-order valence-electron chi connectivity index (χ3n) is 3.15. The summed E-state index contributed by atoms with van der Waals surface area (Å²) < 4.78 is 28.0. The number of carbonyl (C=O) groups excluding carboxylic acids is 1. The van der Waals surface area contributed by atoms with E-state index in [1.807, 2.05) is 6.92 Å². The number of carbonyl (C=O) groups is 1. The molecular formula is C12H16ClNO4S2. The minimum atomic E-state index is -3.71. The molecule has 1 N–H and O–H groups in total. The van der Waals surface area contributed by atoms with E-state index >= 15 is 0 Å². The lowest BCUT2D eigenvalue weighted by Crippen LogP contribution is -2.35. The molecule has 3 atom stereocenters. The zero-order chi connectivity index (χ0) is 14.9. The van der Waals surface area contributed by atoms with Crippen molar-refractivity contribution in [3.8, 4) is 0 Å². The molecule has 0 radical (unpaired) electrons. The molecule has 1 aromatic rings. The molecule has 1 aromatic heterocycles. The van der Waals surface area contributed by atoms with Crippen molar-refractivity contribution in [2.75, 3.05) is 0 Å². The van der Waals surface area contributed by atoms with Crippen molar-refractivity contribution in [3.63, 3.8) is 0 Å². The first-order valence-electron chi connectivity index (χ1n) is 6.27. The molecule has 8 heteroatoms. The number of ether oxygens (including phenoxy) is 1. The van der Waals surface area contributed by atoms with Crippen molar-refractivity contribution in [1.82, 2.24) is 5.32 Å². The smallest absolute Gasteiger partial charge is 0.270 e. The Morgan fingerprint density at radius 3 is 2.70 bits per heavy atom. The van der Waals surface area contributed by atoms with Gasteiger partial charge in [-0.05, 0) is 38.8 Å². The van der Waals surface area contributed by atoms with E-state index in [-0.39, 0.29) is 22.3 Å². The van der Waals surface area contributed by atoms with Crippen LogP contribution in [0, 0.1) is 0 Å². The Bertz CT molecular complexity index is 598. The van der Waals surface area contributed by atoms with Crippen molar-refractivity contribution >= 4 is 37.0 Å². The maximum Gasteiger partial charge on any atom is 0.270 e. The molecule has 0 saturated carbocycles.